The molecule has 0 fully saturated rings. The molecule has 0 aliphatic rings. The predicted molar refractivity (Wildman–Crippen MR) is 71.0 cm³/mol. The van der Waals surface area contributed by atoms with Crippen molar-refractivity contribution >= 4 is 11.6 Å². The Morgan fingerprint density at radius 1 is 1.17 bits per heavy atom. The molecule has 2 rings (SSSR count). The van der Waals surface area contributed by atoms with E-state index in [1.165, 1.54) is 0 Å². The molecule has 5 heteroatoms. The third-order valence-electron chi connectivity index (χ3n) is 2.69. The van der Waals surface area contributed by atoms with Gasteiger partial charge in [0.1, 0.15) is 5.75 Å². The first-order valence-corrected chi connectivity index (χ1v) is 5.63. The van der Waals surface area contributed by atoms with Crippen LogP contribution in [0.4, 0.5) is 11.6 Å². The highest BCUT2D eigenvalue weighted by atomic mass is 16.5. The lowest BCUT2D eigenvalue weighted by atomic mass is 10.3. The van der Waals surface area contributed by atoms with E-state index in [-0.39, 0.29) is 0 Å². The lowest BCUT2D eigenvalue weighted by molar-refractivity contribution is 0.415. The highest BCUT2D eigenvalue weighted by Crippen LogP contribution is 2.22. The maximum absolute atomic E-state index is 5.51. The highest BCUT2D eigenvalue weighted by molar-refractivity contribution is 5.57. The number of anilines is 2. The molecule has 18 heavy (non-hydrogen) atoms. The number of aromatic nitrogens is 2. The van der Waals surface area contributed by atoms with E-state index in [0.29, 0.717) is 12.5 Å². The van der Waals surface area contributed by atoms with Gasteiger partial charge >= 0.3 is 0 Å². The average Bonchev–Trinajstić information content (AvgIpc) is 2.47. The molecule has 1 heterocycles. The fraction of sp³-hybridized carbons (Fsp3) is 0.231. The summed E-state index contributed by atoms with van der Waals surface area (Å²) < 4.78 is 5.12. The number of methoxy groups -OCH3 is 1. The second-order valence-electron chi connectivity index (χ2n) is 3.85. The van der Waals surface area contributed by atoms with Gasteiger partial charge in [0, 0.05) is 37.2 Å². The van der Waals surface area contributed by atoms with Crippen LogP contribution in [0.5, 0.6) is 5.75 Å². The van der Waals surface area contributed by atoms with Crippen molar-refractivity contribution in [3.63, 3.8) is 0 Å². The maximum Gasteiger partial charge on any atom is 0.229 e. The van der Waals surface area contributed by atoms with Crippen LogP contribution >= 0.6 is 0 Å². The lowest BCUT2D eigenvalue weighted by Crippen LogP contribution is -2.13. The largest absolute Gasteiger partial charge is 0.497 e. The molecule has 0 spiro atoms. The Hall–Kier alpha value is -2.14. The Kier molecular flexibility index (Phi) is 3.74. The van der Waals surface area contributed by atoms with Gasteiger partial charge in [-0.05, 0) is 24.3 Å². The third-order valence-corrected chi connectivity index (χ3v) is 2.69. The monoisotopic (exact) mass is 244 g/mol. The van der Waals surface area contributed by atoms with Crippen molar-refractivity contribution in [3.05, 3.63) is 42.2 Å². The molecule has 94 valence electrons. The van der Waals surface area contributed by atoms with E-state index in [0.717, 1.165) is 17.0 Å². The Morgan fingerprint density at radius 2 is 1.78 bits per heavy atom. The smallest absolute Gasteiger partial charge is 0.229 e. The maximum atomic E-state index is 5.51. The summed E-state index contributed by atoms with van der Waals surface area (Å²) in [5.41, 5.74) is 7.43. The van der Waals surface area contributed by atoms with Crippen molar-refractivity contribution < 1.29 is 4.74 Å². The zero-order chi connectivity index (χ0) is 13.0. The zero-order valence-electron chi connectivity index (χ0n) is 10.5. The Bertz CT molecular complexity index is 448. The van der Waals surface area contributed by atoms with E-state index in [1.807, 2.05) is 36.2 Å². The van der Waals surface area contributed by atoms with Gasteiger partial charge in [-0.3, -0.25) is 0 Å². The van der Waals surface area contributed by atoms with Gasteiger partial charge < -0.3 is 15.4 Å². The van der Waals surface area contributed by atoms with Crippen LogP contribution in [0.25, 0.3) is 0 Å². The van der Waals surface area contributed by atoms with E-state index >= 15 is 0 Å². The van der Waals surface area contributed by atoms with Gasteiger partial charge in [0.05, 0.1) is 7.11 Å². The van der Waals surface area contributed by atoms with Gasteiger partial charge in [0.25, 0.3) is 0 Å². The SMILES string of the molecule is COc1ccc(N(C)c2ncc(CN)cn2)cc1. The second-order valence-corrected chi connectivity index (χ2v) is 3.85. The quantitative estimate of drug-likeness (QED) is 0.887. The first kappa shape index (κ1) is 12.3. The van der Waals surface area contributed by atoms with Crippen molar-refractivity contribution in [3.8, 4) is 5.75 Å². The van der Waals surface area contributed by atoms with E-state index in [9.17, 15) is 0 Å². The van der Waals surface area contributed by atoms with Crippen LogP contribution in [0.15, 0.2) is 36.7 Å². The van der Waals surface area contributed by atoms with Crippen LogP contribution in [0.1, 0.15) is 5.56 Å². The number of hydrogen-bond donors (Lipinski definition) is 1. The van der Waals surface area contributed by atoms with Crippen LogP contribution in [0.3, 0.4) is 0 Å². The third kappa shape index (κ3) is 2.57. The van der Waals surface area contributed by atoms with Crippen molar-refractivity contribution in [2.75, 3.05) is 19.1 Å². The molecular weight excluding hydrogens is 228 g/mol. The molecule has 0 aliphatic heterocycles. The van der Waals surface area contributed by atoms with Crippen LogP contribution in [0, 0.1) is 0 Å². The summed E-state index contributed by atoms with van der Waals surface area (Å²) in [7, 11) is 3.56. The molecule has 0 saturated heterocycles. The molecule has 0 bridgehead atoms. The van der Waals surface area contributed by atoms with Crippen LogP contribution < -0.4 is 15.4 Å². The van der Waals surface area contributed by atoms with Gasteiger partial charge in [-0.2, -0.15) is 0 Å². The van der Waals surface area contributed by atoms with E-state index < -0.39 is 0 Å². The molecule has 1 aromatic heterocycles. The van der Waals surface area contributed by atoms with Crippen LogP contribution in [0.2, 0.25) is 0 Å². The van der Waals surface area contributed by atoms with E-state index in [1.54, 1.807) is 19.5 Å². The summed E-state index contributed by atoms with van der Waals surface area (Å²) in [6.07, 6.45) is 3.48. The molecule has 0 unspecified atom stereocenters. The van der Waals surface area contributed by atoms with Crippen molar-refractivity contribution in [2.24, 2.45) is 5.73 Å². The first-order valence-electron chi connectivity index (χ1n) is 5.63. The minimum Gasteiger partial charge on any atom is -0.497 e. The summed E-state index contributed by atoms with van der Waals surface area (Å²) in [5, 5.41) is 0. The topological polar surface area (TPSA) is 64.3 Å². The van der Waals surface area contributed by atoms with Gasteiger partial charge in [-0.1, -0.05) is 0 Å². The Labute approximate surface area is 106 Å². The number of rotatable bonds is 4. The molecule has 0 aliphatic carbocycles. The average molecular weight is 244 g/mol. The summed E-state index contributed by atoms with van der Waals surface area (Å²) in [5.74, 6) is 1.46. The van der Waals surface area contributed by atoms with E-state index in [4.69, 9.17) is 10.5 Å². The molecule has 0 amide bonds. The lowest BCUT2D eigenvalue weighted by Gasteiger charge is -2.17. The van der Waals surface area contributed by atoms with Crippen molar-refractivity contribution in [1.82, 2.24) is 9.97 Å². The predicted octanol–water partition coefficient (Wildman–Crippen LogP) is 1.71. The Morgan fingerprint density at radius 3 is 2.28 bits per heavy atom. The number of nitrogens with zero attached hydrogens (tertiary/aromatic N) is 3. The number of ether oxygens (including phenoxy) is 1. The summed E-state index contributed by atoms with van der Waals surface area (Å²) in [4.78, 5) is 10.4. The van der Waals surface area contributed by atoms with Gasteiger partial charge in [0.15, 0.2) is 0 Å². The summed E-state index contributed by atoms with van der Waals surface area (Å²) in [6, 6.07) is 7.72. The van der Waals surface area contributed by atoms with Gasteiger partial charge in [0.2, 0.25) is 5.95 Å². The highest BCUT2D eigenvalue weighted by Gasteiger charge is 2.06. The Balaban J connectivity index is 2.20. The molecule has 0 saturated carbocycles. The van der Waals surface area contributed by atoms with Crippen molar-refractivity contribution in [1.29, 1.82) is 0 Å². The molecule has 0 radical (unpaired) electrons. The summed E-state index contributed by atoms with van der Waals surface area (Å²) in [6.45, 7) is 0.451. The molecule has 0 atom stereocenters. The minimum absolute atomic E-state index is 0.451. The fourth-order valence-electron chi connectivity index (χ4n) is 1.55. The molecular formula is C13H16N4O. The molecule has 2 aromatic rings. The number of nitrogens with two attached hydrogens (primary N) is 1. The molecule has 5 nitrogen and oxygen atoms in total. The van der Waals surface area contributed by atoms with E-state index in [2.05, 4.69) is 9.97 Å². The van der Waals surface area contributed by atoms with Crippen LogP contribution in [-0.4, -0.2) is 24.1 Å². The molecule has 2 N–H and O–H groups in total. The minimum atomic E-state index is 0.451. The normalized spacial score (nSPS) is 10.2. The van der Waals surface area contributed by atoms with Gasteiger partial charge in [-0.15, -0.1) is 0 Å². The molecule has 1 aromatic carbocycles. The second kappa shape index (κ2) is 5.46. The number of hydrogen-bond acceptors (Lipinski definition) is 5. The van der Waals surface area contributed by atoms with Crippen LogP contribution in [-0.2, 0) is 6.54 Å². The zero-order valence-corrected chi connectivity index (χ0v) is 10.5. The van der Waals surface area contributed by atoms with Gasteiger partial charge in [-0.25, -0.2) is 9.97 Å². The standard InChI is InChI=1S/C13H16N4O/c1-17(11-3-5-12(18-2)6-4-11)13-15-8-10(7-14)9-16-13/h3-6,8-9H,7,14H2,1-2H3. The fourth-order valence-corrected chi connectivity index (χ4v) is 1.55. The number of benzene rings is 1. The summed E-state index contributed by atoms with van der Waals surface area (Å²) >= 11 is 0. The first-order chi connectivity index (χ1) is 8.74. The van der Waals surface area contributed by atoms with Crippen molar-refractivity contribution in [2.45, 2.75) is 6.54 Å².